The van der Waals surface area contributed by atoms with Crippen molar-refractivity contribution >= 4 is 45.3 Å². The summed E-state index contributed by atoms with van der Waals surface area (Å²) in [6.07, 6.45) is 1.86. The van der Waals surface area contributed by atoms with Crippen molar-refractivity contribution in [2.45, 2.75) is 13.2 Å². The van der Waals surface area contributed by atoms with Gasteiger partial charge in [-0.05, 0) is 48.1 Å². The van der Waals surface area contributed by atoms with Crippen LogP contribution in [-0.4, -0.2) is 50.7 Å². The third-order valence-electron chi connectivity index (χ3n) is 5.61. The number of halogens is 1. The van der Waals surface area contributed by atoms with Gasteiger partial charge in [-0.1, -0.05) is 35.6 Å². The normalized spacial score (nSPS) is 15.3. The SMILES string of the molecule is Fc1ccc(Nc2nn(CN3CCN(Cc4cccc5cccnc45)CC3)c(=S)s2)cc1. The van der Waals surface area contributed by atoms with Crippen LogP contribution in [0.3, 0.4) is 0 Å². The number of hydrogen-bond acceptors (Lipinski definition) is 7. The zero-order valence-electron chi connectivity index (χ0n) is 17.4. The molecule has 4 aromatic rings. The standard InChI is InChI=1S/C23H23FN6S2/c24-19-6-8-20(9-7-19)26-22-27-30(23(31)32-22)16-29-13-11-28(12-14-29)15-18-4-1-3-17-5-2-10-25-21(17)18/h1-10H,11-16H2,(H,26,27). The molecule has 0 atom stereocenters. The summed E-state index contributed by atoms with van der Waals surface area (Å²) < 4.78 is 15.7. The molecule has 0 spiro atoms. The van der Waals surface area contributed by atoms with Gasteiger partial charge in [0.2, 0.25) is 5.13 Å². The third kappa shape index (κ3) is 4.86. The molecule has 0 saturated carbocycles. The molecule has 1 saturated heterocycles. The number of rotatable bonds is 6. The molecule has 3 heterocycles. The molecule has 32 heavy (non-hydrogen) atoms. The summed E-state index contributed by atoms with van der Waals surface area (Å²) in [6, 6.07) is 16.7. The molecular weight excluding hydrogens is 443 g/mol. The average Bonchev–Trinajstić information content (AvgIpc) is 3.15. The second kappa shape index (κ2) is 9.41. The summed E-state index contributed by atoms with van der Waals surface area (Å²) in [5, 5.41) is 9.70. The van der Waals surface area contributed by atoms with E-state index in [1.165, 1.54) is 34.4 Å². The smallest absolute Gasteiger partial charge is 0.209 e. The molecule has 1 aliphatic heterocycles. The first-order valence-corrected chi connectivity index (χ1v) is 11.7. The lowest BCUT2D eigenvalue weighted by atomic mass is 10.1. The van der Waals surface area contributed by atoms with E-state index in [2.05, 4.69) is 49.5 Å². The minimum atomic E-state index is -0.260. The van der Waals surface area contributed by atoms with Crippen LogP contribution in [0.1, 0.15) is 5.56 Å². The topological polar surface area (TPSA) is 49.2 Å². The maximum Gasteiger partial charge on any atom is 0.209 e. The van der Waals surface area contributed by atoms with Gasteiger partial charge in [-0.15, -0.1) is 5.10 Å². The van der Waals surface area contributed by atoms with E-state index in [-0.39, 0.29) is 5.82 Å². The fourth-order valence-electron chi connectivity index (χ4n) is 3.92. The summed E-state index contributed by atoms with van der Waals surface area (Å²) >= 11 is 6.93. The van der Waals surface area contributed by atoms with Crippen molar-refractivity contribution in [3.63, 3.8) is 0 Å². The fourth-order valence-corrected chi connectivity index (χ4v) is 4.93. The fraction of sp³-hybridized carbons (Fsp3) is 0.261. The van der Waals surface area contributed by atoms with Crippen LogP contribution in [0.15, 0.2) is 60.8 Å². The highest BCUT2D eigenvalue weighted by Gasteiger charge is 2.19. The zero-order valence-corrected chi connectivity index (χ0v) is 19.1. The van der Waals surface area contributed by atoms with E-state index < -0.39 is 0 Å². The molecule has 0 unspecified atom stereocenters. The second-order valence-corrected chi connectivity index (χ2v) is 9.46. The minimum Gasteiger partial charge on any atom is -0.330 e. The molecule has 0 bridgehead atoms. The summed E-state index contributed by atoms with van der Waals surface area (Å²) in [5.41, 5.74) is 3.15. The van der Waals surface area contributed by atoms with Crippen molar-refractivity contribution in [2.75, 3.05) is 31.5 Å². The minimum absolute atomic E-state index is 0.260. The van der Waals surface area contributed by atoms with Crippen LogP contribution in [0.5, 0.6) is 0 Å². The van der Waals surface area contributed by atoms with E-state index >= 15 is 0 Å². The number of hydrogen-bond donors (Lipinski definition) is 1. The van der Waals surface area contributed by atoms with Crippen molar-refractivity contribution in [1.82, 2.24) is 24.6 Å². The van der Waals surface area contributed by atoms with Gasteiger partial charge in [0.05, 0.1) is 12.2 Å². The van der Waals surface area contributed by atoms with E-state index in [1.54, 1.807) is 12.1 Å². The Balaban J connectivity index is 1.18. The van der Waals surface area contributed by atoms with Gasteiger partial charge in [0.25, 0.3) is 0 Å². The van der Waals surface area contributed by atoms with Gasteiger partial charge in [0, 0.05) is 50.0 Å². The highest BCUT2D eigenvalue weighted by molar-refractivity contribution is 7.73. The van der Waals surface area contributed by atoms with Gasteiger partial charge < -0.3 is 5.32 Å². The lowest BCUT2D eigenvalue weighted by Crippen LogP contribution is -2.46. The number of nitrogens with one attached hydrogen (secondary N) is 1. The van der Waals surface area contributed by atoms with E-state index in [4.69, 9.17) is 12.2 Å². The molecular formula is C23H23FN6S2. The first-order chi connectivity index (χ1) is 15.6. The number of benzene rings is 2. The van der Waals surface area contributed by atoms with Crippen LogP contribution in [0.4, 0.5) is 15.2 Å². The molecule has 2 aromatic carbocycles. The Bertz CT molecular complexity index is 1260. The van der Waals surface area contributed by atoms with E-state index in [1.807, 2.05) is 16.9 Å². The van der Waals surface area contributed by atoms with Crippen LogP contribution in [0.25, 0.3) is 10.9 Å². The first kappa shape index (κ1) is 21.1. The maximum absolute atomic E-state index is 13.1. The van der Waals surface area contributed by atoms with Gasteiger partial charge >= 0.3 is 0 Å². The van der Waals surface area contributed by atoms with Crippen molar-refractivity contribution in [1.29, 1.82) is 0 Å². The number of nitrogens with zero attached hydrogens (tertiary/aromatic N) is 5. The Labute approximate surface area is 194 Å². The summed E-state index contributed by atoms with van der Waals surface area (Å²) in [5.74, 6) is -0.260. The molecule has 6 nitrogen and oxygen atoms in total. The van der Waals surface area contributed by atoms with Gasteiger partial charge in [0.1, 0.15) is 5.82 Å². The Morgan fingerprint density at radius 3 is 2.53 bits per heavy atom. The van der Waals surface area contributed by atoms with Gasteiger partial charge in [0.15, 0.2) is 3.95 Å². The third-order valence-corrected chi connectivity index (χ3v) is 6.83. The molecule has 5 rings (SSSR count). The molecule has 0 radical (unpaired) electrons. The summed E-state index contributed by atoms with van der Waals surface area (Å²) in [6.45, 7) is 5.47. The number of para-hydroxylation sites is 1. The predicted molar refractivity (Wildman–Crippen MR) is 129 cm³/mol. The van der Waals surface area contributed by atoms with Crippen molar-refractivity contribution in [2.24, 2.45) is 0 Å². The lowest BCUT2D eigenvalue weighted by molar-refractivity contribution is 0.0988. The van der Waals surface area contributed by atoms with Gasteiger partial charge in [-0.2, -0.15) is 0 Å². The molecule has 2 aromatic heterocycles. The Morgan fingerprint density at radius 2 is 1.72 bits per heavy atom. The Kier molecular flexibility index (Phi) is 6.22. The molecule has 9 heteroatoms. The first-order valence-electron chi connectivity index (χ1n) is 10.5. The van der Waals surface area contributed by atoms with Crippen LogP contribution >= 0.6 is 23.6 Å². The second-order valence-electron chi connectivity index (χ2n) is 7.83. The summed E-state index contributed by atoms with van der Waals surface area (Å²) in [7, 11) is 0. The number of pyridine rings is 1. The largest absolute Gasteiger partial charge is 0.330 e. The maximum atomic E-state index is 13.1. The van der Waals surface area contributed by atoms with Crippen LogP contribution in [0, 0.1) is 9.77 Å². The van der Waals surface area contributed by atoms with Crippen molar-refractivity contribution in [3.8, 4) is 0 Å². The number of anilines is 2. The quantitative estimate of drug-likeness (QED) is 0.409. The molecule has 1 aliphatic rings. The number of fused-ring (bicyclic) bond motifs is 1. The van der Waals surface area contributed by atoms with E-state index in [0.29, 0.717) is 11.8 Å². The molecule has 1 fully saturated rings. The Hall–Kier alpha value is -2.72. The summed E-state index contributed by atoms with van der Waals surface area (Å²) in [4.78, 5) is 9.42. The molecule has 1 N–H and O–H groups in total. The van der Waals surface area contributed by atoms with Crippen LogP contribution < -0.4 is 5.32 Å². The van der Waals surface area contributed by atoms with Crippen LogP contribution in [0.2, 0.25) is 0 Å². The monoisotopic (exact) mass is 466 g/mol. The molecule has 0 aliphatic carbocycles. The number of aromatic nitrogens is 3. The molecule has 0 amide bonds. The van der Waals surface area contributed by atoms with Crippen molar-refractivity contribution < 1.29 is 4.39 Å². The Morgan fingerprint density at radius 1 is 0.969 bits per heavy atom. The average molecular weight is 467 g/mol. The van der Waals surface area contributed by atoms with Crippen LogP contribution in [-0.2, 0) is 13.2 Å². The highest BCUT2D eigenvalue weighted by atomic mass is 32.1. The molecule has 164 valence electrons. The van der Waals surface area contributed by atoms with E-state index in [0.717, 1.165) is 47.9 Å². The van der Waals surface area contributed by atoms with Gasteiger partial charge in [-0.3, -0.25) is 14.8 Å². The van der Waals surface area contributed by atoms with Crippen molar-refractivity contribution in [3.05, 3.63) is 76.1 Å². The number of piperazine rings is 1. The zero-order chi connectivity index (χ0) is 21.9. The van der Waals surface area contributed by atoms with E-state index in [9.17, 15) is 4.39 Å². The predicted octanol–water partition coefficient (Wildman–Crippen LogP) is 4.88. The van der Waals surface area contributed by atoms with Gasteiger partial charge in [-0.25, -0.2) is 9.07 Å². The lowest BCUT2D eigenvalue weighted by Gasteiger charge is -2.34. The highest BCUT2D eigenvalue weighted by Crippen LogP contribution is 2.22.